The molecule has 10 atom stereocenters. The summed E-state index contributed by atoms with van der Waals surface area (Å²) in [4.78, 5) is 203. The number of carbonyl (C=O) groups is 16. The van der Waals surface area contributed by atoms with Crippen LogP contribution in [-0.2, 0) is 76.7 Å². The Kier molecular flexibility index (Phi) is 29.0. The number of carboxylic acids is 6. The minimum atomic E-state index is -2.12. The van der Waals surface area contributed by atoms with Crippen LogP contribution in [0.3, 0.4) is 0 Å². The molecule has 0 bridgehead atoms. The Morgan fingerprint density at radius 3 is 0.863 bits per heavy atom. The van der Waals surface area contributed by atoms with Crippen molar-refractivity contribution >= 4 is 94.9 Å². The van der Waals surface area contributed by atoms with E-state index in [1.54, 1.807) is 0 Å². The number of hydrogen-bond acceptors (Lipinski definition) is 18. The van der Waals surface area contributed by atoms with Gasteiger partial charge in [-0.1, -0.05) is 12.8 Å². The van der Waals surface area contributed by atoms with Gasteiger partial charge in [0.2, 0.25) is 59.1 Å². The Balaban J connectivity index is 2.51. The highest BCUT2D eigenvalue weighted by Gasteiger charge is 2.38. The predicted octanol–water partition coefficient (Wildman–Crippen LogP) is -6.69. The molecule has 2 heterocycles. The molecule has 0 saturated carbocycles. The quantitative estimate of drug-likeness (QED) is 0.0254. The normalized spacial score (nSPS) is 17.6. The van der Waals surface area contributed by atoms with Crippen molar-refractivity contribution in [3.05, 3.63) is 0 Å². The van der Waals surface area contributed by atoms with Crippen LogP contribution in [0.5, 0.6) is 0 Å². The van der Waals surface area contributed by atoms with Gasteiger partial charge in [-0.05, 0) is 77.3 Å². The summed E-state index contributed by atoms with van der Waals surface area (Å²) in [6, 6.07) is -17.2. The molecule has 20 N–H and O–H groups in total. The van der Waals surface area contributed by atoms with Gasteiger partial charge in [-0.3, -0.25) is 67.1 Å². The summed E-state index contributed by atoms with van der Waals surface area (Å²) in [5.41, 5.74) is 11.0. The van der Waals surface area contributed by atoms with Crippen LogP contribution in [0.4, 0.5) is 0 Å². The molecular weight excluding hydrogens is 1070 g/mol. The Labute approximate surface area is 455 Å². The third kappa shape index (κ3) is 24.8. The molecule has 34 heteroatoms. The average molecular weight is 1140 g/mol. The topological polar surface area (TPSA) is 567 Å². The zero-order valence-corrected chi connectivity index (χ0v) is 43.3. The highest BCUT2D eigenvalue weighted by molar-refractivity contribution is 6.00. The molecule has 0 aromatic carbocycles. The molecule has 2 saturated heterocycles. The number of rotatable bonds is 39. The van der Waals surface area contributed by atoms with E-state index in [2.05, 4.69) is 42.5 Å². The third-order valence-electron chi connectivity index (χ3n) is 12.3. The smallest absolute Gasteiger partial charge is 0.326 e. The van der Waals surface area contributed by atoms with Crippen LogP contribution in [0, 0.1) is 0 Å². The average Bonchev–Trinajstić information content (AvgIpc) is 4.02. The van der Waals surface area contributed by atoms with Gasteiger partial charge in [-0.15, -0.1) is 0 Å². The van der Waals surface area contributed by atoms with Crippen LogP contribution in [0.25, 0.3) is 0 Å². The molecule has 80 heavy (non-hydrogen) atoms. The van der Waals surface area contributed by atoms with Crippen molar-refractivity contribution in [3.8, 4) is 0 Å². The number of amides is 10. The Hall–Kier alpha value is -8.56. The number of carbonyl (C=O) groups excluding carboxylic acids is 10. The first-order valence-electron chi connectivity index (χ1n) is 25.4. The van der Waals surface area contributed by atoms with E-state index in [0.29, 0.717) is 12.8 Å². The van der Waals surface area contributed by atoms with Crippen molar-refractivity contribution in [1.29, 1.82) is 0 Å². The van der Waals surface area contributed by atoms with Crippen molar-refractivity contribution in [2.24, 2.45) is 11.5 Å². The number of aliphatic carboxylic acids is 6. The van der Waals surface area contributed by atoms with Crippen molar-refractivity contribution in [3.63, 3.8) is 0 Å². The van der Waals surface area contributed by atoms with E-state index in [9.17, 15) is 107 Å². The van der Waals surface area contributed by atoms with E-state index < -0.39 is 194 Å². The monoisotopic (exact) mass is 1140 g/mol. The van der Waals surface area contributed by atoms with Crippen molar-refractivity contribution in [1.82, 2.24) is 53.2 Å². The van der Waals surface area contributed by atoms with Gasteiger partial charge in [-0.25, -0.2) is 9.59 Å². The van der Waals surface area contributed by atoms with Gasteiger partial charge in [0.25, 0.3) is 0 Å². The SMILES string of the molecule is NCCCC[C@H](NC(=O)[C@H](CCCC[C@H](NC(=O)[C@H](CC(=O)O)NC(=O)[C@H](CC(=O)O)NC(=O)[C@@H]1CCC(=O)N1)C(=O)N[C@@H](CCCCN)C(=O)O)NC(=O)[C@H](CC(=O)O)NC(=O)[C@H](CC(=O)O)NC(=O)[C@@H]1CCC(=O)N1)C(=O)O. The Bertz CT molecular complexity index is 2160. The van der Waals surface area contributed by atoms with Crippen LogP contribution in [-0.4, -0.2) is 199 Å². The molecule has 0 radical (unpaired) electrons. The zero-order valence-electron chi connectivity index (χ0n) is 43.3. The lowest BCUT2D eigenvalue weighted by atomic mass is 10.0. The van der Waals surface area contributed by atoms with Gasteiger partial charge >= 0.3 is 35.8 Å². The molecule has 446 valence electrons. The van der Waals surface area contributed by atoms with Crippen LogP contribution >= 0.6 is 0 Å². The summed E-state index contributed by atoms with van der Waals surface area (Å²) >= 11 is 0. The summed E-state index contributed by atoms with van der Waals surface area (Å²) in [7, 11) is 0. The van der Waals surface area contributed by atoms with Crippen molar-refractivity contribution in [2.75, 3.05) is 13.1 Å². The van der Waals surface area contributed by atoms with E-state index in [1.165, 1.54) is 0 Å². The van der Waals surface area contributed by atoms with Gasteiger partial charge < -0.3 is 95.3 Å². The fraction of sp³-hybridized carbons (Fsp3) is 0.652. The third-order valence-corrected chi connectivity index (χ3v) is 12.3. The molecule has 34 nitrogen and oxygen atoms in total. The van der Waals surface area contributed by atoms with Gasteiger partial charge in [0, 0.05) is 12.8 Å². The highest BCUT2D eigenvalue weighted by Crippen LogP contribution is 2.14. The minimum absolute atomic E-state index is 0.0160. The molecular formula is C46H70N12O22. The van der Waals surface area contributed by atoms with Gasteiger partial charge in [0.05, 0.1) is 25.7 Å². The Morgan fingerprint density at radius 1 is 0.375 bits per heavy atom. The zero-order chi connectivity index (χ0) is 60.2. The lowest BCUT2D eigenvalue weighted by Crippen LogP contribution is -2.59. The lowest BCUT2D eigenvalue weighted by molar-refractivity contribution is -0.144. The molecule has 2 rings (SSSR count). The molecule has 2 fully saturated rings. The second-order valence-corrected chi connectivity index (χ2v) is 18.7. The first-order valence-corrected chi connectivity index (χ1v) is 25.4. The maximum absolute atomic E-state index is 13.9. The standard InChI is InChI=1S/C46H70N12O22/c47-15-5-3-9-25(45(77)78)53-37(69)21(51-41(73)27(17-33(61)62)57-43(75)29(19-35(65)66)55-39(71)23-11-13-31(59)49-23)7-1-2-8-22(38(70)54-26(46(79)80)10-4-6-16-48)52-42(74)28(18-34(63)64)58-44(76)30(20-36(67)68)56-40(72)24-12-14-32(60)50-24/h21-30H,1-20,47-48H2,(H,49,59)(H,50,60)(H,51,73)(H,52,74)(H,53,69)(H,54,70)(H,55,71)(H,56,72)(H,57,75)(H,58,76)(H,61,62)(H,63,64)(H,65,66)(H,67,68)(H,77,78)(H,79,80)/t21-,22-,23-,24-,25-,26-,27-,28-,29-,30-/m0/s1. The second-order valence-electron chi connectivity index (χ2n) is 18.7. The van der Waals surface area contributed by atoms with Crippen LogP contribution < -0.4 is 64.6 Å². The van der Waals surface area contributed by atoms with E-state index in [-0.39, 0.29) is 77.3 Å². The van der Waals surface area contributed by atoms with Gasteiger partial charge in [0.1, 0.15) is 60.4 Å². The van der Waals surface area contributed by atoms with E-state index in [4.69, 9.17) is 11.5 Å². The molecule has 0 aromatic rings. The minimum Gasteiger partial charge on any atom is -0.481 e. The predicted molar refractivity (Wildman–Crippen MR) is 266 cm³/mol. The Morgan fingerprint density at radius 2 is 0.613 bits per heavy atom. The highest BCUT2D eigenvalue weighted by atomic mass is 16.4. The van der Waals surface area contributed by atoms with Crippen molar-refractivity contribution < 1.29 is 107 Å². The molecule has 10 amide bonds. The first kappa shape index (κ1) is 67.5. The second kappa shape index (κ2) is 34.3. The number of nitrogens with one attached hydrogen (secondary N) is 10. The number of unbranched alkanes of at least 4 members (excludes halogenated alkanes) is 3. The van der Waals surface area contributed by atoms with E-state index in [0.717, 1.165) is 0 Å². The van der Waals surface area contributed by atoms with E-state index in [1.807, 2.05) is 10.6 Å². The summed E-state index contributed by atoms with van der Waals surface area (Å²) in [6.45, 7) is 0.305. The van der Waals surface area contributed by atoms with Crippen LogP contribution in [0.2, 0.25) is 0 Å². The van der Waals surface area contributed by atoms with Gasteiger partial charge in [0.15, 0.2) is 0 Å². The molecule has 0 aliphatic carbocycles. The number of hydrogen-bond donors (Lipinski definition) is 18. The first-order chi connectivity index (χ1) is 37.6. The summed E-state index contributed by atoms with van der Waals surface area (Å²) in [5.74, 6) is -20.7. The van der Waals surface area contributed by atoms with E-state index >= 15 is 0 Å². The van der Waals surface area contributed by atoms with Crippen LogP contribution in [0.1, 0.15) is 116 Å². The number of nitrogens with two attached hydrogens (primary N) is 2. The fourth-order valence-electron chi connectivity index (χ4n) is 8.07. The summed E-state index contributed by atoms with van der Waals surface area (Å²) in [6.07, 6.45) is -5.66. The lowest BCUT2D eigenvalue weighted by Gasteiger charge is -2.26. The number of carboxylic acid groups (broad SMARTS) is 6. The van der Waals surface area contributed by atoms with Gasteiger partial charge in [-0.2, -0.15) is 0 Å². The largest absolute Gasteiger partial charge is 0.481 e. The van der Waals surface area contributed by atoms with Crippen molar-refractivity contribution in [2.45, 2.75) is 176 Å². The summed E-state index contributed by atoms with van der Waals surface area (Å²) in [5, 5.41) is 80.1. The molecule has 0 aromatic heterocycles. The molecule has 2 aliphatic rings. The fourth-order valence-corrected chi connectivity index (χ4v) is 8.07. The molecule has 0 unspecified atom stereocenters. The van der Waals surface area contributed by atoms with Crippen LogP contribution in [0.15, 0.2) is 0 Å². The molecule has 2 aliphatic heterocycles. The molecule has 0 spiro atoms. The summed E-state index contributed by atoms with van der Waals surface area (Å²) < 4.78 is 0. The maximum atomic E-state index is 13.9. The maximum Gasteiger partial charge on any atom is 0.326 e.